The Hall–Kier alpha value is -10.6. The van der Waals surface area contributed by atoms with E-state index in [1.165, 1.54) is 0 Å². The summed E-state index contributed by atoms with van der Waals surface area (Å²) in [5, 5.41) is 13.1. The summed E-state index contributed by atoms with van der Waals surface area (Å²) >= 11 is 0. The van der Waals surface area contributed by atoms with E-state index in [-0.39, 0.29) is 0 Å². The van der Waals surface area contributed by atoms with Gasteiger partial charge in [-0.3, -0.25) is 15.0 Å². The van der Waals surface area contributed by atoms with Crippen LogP contribution in [0.5, 0.6) is 0 Å². The first kappa shape index (κ1) is 46.9. The molecule has 14 rings (SSSR count). The van der Waals surface area contributed by atoms with Gasteiger partial charge in [-0.15, -0.1) is 0 Å². The number of nitriles is 1. The van der Waals surface area contributed by atoms with Gasteiger partial charge in [-0.1, -0.05) is 212 Å². The summed E-state index contributed by atoms with van der Waals surface area (Å²) in [6.07, 6.45) is 8.12. The molecule has 0 spiro atoms. The molecule has 1 aliphatic heterocycles. The Kier molecular flexibility index (Phi) is 11.6. The van der Waals surface area contributed by atoms with E-state index in [4.69, 9.17) is 34.9 Å². The molecule has 0 N–H and O–H groups in total. The van der Waals surface area contributed by atoms with E-state index in [0.717, 1.165) is 106 Å². The van der Waals surface area contributed by atoms with Crippen molar-refractivity contribution in [3.05, 3.63) is 277 Å². The molecule has 370 valence electrons. The molecule has 6 heterocycles. The Morgan fingerprint density at radius 3 is 1.49 bits per heavy atom. The molecule has 5 aromatic heterocycles. The van der Waals surface area contributed by atoms with Crippen LogP contribution in [0.2, 0.25) is 0 Å². The quantitative estimate of drug-likeness (QED) is 0.132. The van der Waals surface area contributed by atoms with Crippen molar-refractivity contribution in [3.8, 4) is 84.7 Å². The molecule has 0 fully saturated rings. The molecule has 8 heteroatoms. The van der Waals surface area contributed by atoms with Gasteiger partial charge in [0.1, 0.15) is 23.3 Å². The summed E-state index contributed by atoms with van der Waals surface area (Å²) in [4.78, 5) is 37.3. The van der Waals surface area contributed by atoms with Crippen molar-refractivity contribution in [1.82, 2.24) is 29.9 Å². The SMILES string of the molecule is CC12C=Cc3c(-c4ccccc4)cc(-c4ccccc4)nc3C1N=C(c1ccccc1)C(C#N)=C2c1ccc(-c2ccc(-c3nc(-c4ccccc4)nc4c3ccc3c(-c5ccccc5)cc(-c5ccccc5)nc34)nc2)cn1. The van der Waals surface area contributed by atoms with Crippen molar-refractivity contribution >= 4 is 39.2 Å². The van der Waals surface area contributed by atoms with E-state index in [9.17, 15) is 5.26 Å². The molecule has 8 nitrogen and oxygen atoms in total. The highest BCUT2D eigenvalue weighted by atomic mass is 14.9. The predicted molar refractivity (Wildman–Crippen MR) is 318 cm³/mol. The number of fused-ring (bicyclic) bond motifs is 6. The average molecular weight is 1010 g/mol. The van der Waals surface area contributed by atoms with Gasteiger partial charge in [-0.05, 0) is 59.5 Å². The number of benzene rings is 7. The highest BCUT2D eigenvalue weighted by molar-refractivity contribution is 6.21. The summed E-state index contributed by atoms with van der Waals surface area (Å²) in [5.74, 6) is 0.583. The number of allylic oxidation sites excluding steroid dienone is 1. The van der Waals surface area contributed by atoms with Crippen LogP contribution in [0.3, 0.4) is 0 Å². The molecule has 2 aliphatic rings. The molecule has 0 saturated heterocycles. The minimum absolute atomic E-state index is 0.481. The van der Waals surface area contributed by atoms with Crippen molar-refractivity contribution in [1.29, 1.82) is 5.26 Å². The highest BCUT2D eigenvalue weighted by Gasteiger charge is 2.47. The second kappa shape index (κ2) is 19.5. The molecule has 79 heavy (non-hydrogen) atoms. The maximum absolute atomic E-state index is 11.2. The lowest BCUT2D eigenvalue weighted by molar-refractivity contribution is 0.435. The fourth-order valence-corrected chi connectivity index (χ4v) is 11.3. The predicted octanol–water partition coefficient (Wildman–Crippen LogP) is 16.6. The zero-order valence-electron chi connectivity index (χ0n) is 42.9. The lowest BCUT2D eigenvalue weighted by atomic mass is 9.65. The van der Waals surface area contributed by atoms with Crippen molar-refractivity contribution < 1.29 is 0 Å². The summed E-state index contributed by atoms with van der Waals surface area (Å²) in [5.41, 5.74) is 18.1. The molecule has 0 amide bonds. The summed E-state index contributed by atoms with van der Waals surface area (Å²) in [7, 11) is 0. The van der Waals surface area contributed by atoms with Crippen LogP contribution in [0.4, 0.5) is 0 Å². The van der Waals surface area contributed by atoms with E-state index < -0.39 is 11.5 Å². The largest absolute Gasteiger partial charge is 0.272 e. The second-order valence-corrected chi connectivity index (χ2v) is 20.1. The number of dihydropyridines is 1. The number of rotatable bonds is 9. The third-order valence-electron chi connectivity index (χ3n) is 15.3. The molecule has 0 radical (unpaired) electrons. The number of hydrogen-bond acceptors (Lipinski definition) is 8. The number of aliphatic imine (C=N–C) groups is 1. The van der Waals surface area contributed by atoms with E-state index in [0.29, 0.717) is 34.2 Å². The van der Waals surface area contributed by atoms with Crippen molar-refractivity contribution in [2.24, 2.45) is 10.4 Å². The van der Waals surface area contributed by atoms with Gasteiger partial charge in [0.15, 0.2) is 5.82 Å². The van der Waals surface area contributed by atoms with Gasteiger partial charge in [0.25, 0.3) is 0 Å². The van der Waals surface area contributed by atoms with Gasteiger partial charge in [-0.25, -0.2) is 19.9 Å². The van der Waals surface area contributed by atoms with Crippen LogP contribution in [0.1, 0.15) is 35.5 Å². The van der Waals surface area contributed by atoms with Gasteiger partial charge in [-0.2, -0.15) is 5.26 Å². The van der Waals surface area contributed by atoms with Crippen molar-refractivity contribution in [2.45, 2.75) is 13.0 Å². The lowest BCUT2D eigenvalue weighted by Crippen LogP contribution is -2.34. The van der Waals surface area contributed by atoms with Crippen molar-refractivity contribution in [3.63, 3.8) is 0 Å². The molecule has 7 aromatic carbocycles. The van der Waals surface area contributed by atoms with Gasteiger partial charge in [0.05, 0.1) is 45.3 Å². The van der Waals surface area contributed by atoms with Gasteiger partial charge >= 0.3 is 0 Å². The fourth-order valence-electron chi connectivity index (χ4n) is 11.3. The smallest absolute Gasteiger partial charge is 0.160 e. The van der Waals surface area contributed by atoms with E-state index in [1.54, 1.807) is 0 Å². The van der Waals surface area contributed by atoms with E-state index in [1.807, 2.05) is 134 Å². The Bertz CT molecular complexity index is 4440. The maximum atomic E-state index is 11.2. The Balaban J connectivity index is 0.875. The molecule has 2 atom stereocenters. The molecular weight excluding hydrogens is 965 g/mol. The van der Waals surface area contributed by atoms with Crippen LogP contribution in [-0.2, 0) is 0 Å². The van der Waals surface area contributed by atoms with Crippen LogP contribution >= 0.6 is 0 Å². The van der Waals surface area contributed by atoms with Gasteiger partial charge in [0.2, 0.25) is 0 Å². The Morgan fingerprint density at radius 2 is 0.924 bits per heavy atom. The Morgan fingerprint density at radius 1 is 0.430 bits per heavy atom. The van der Waals surface area contributed by atoms with Crippen molar-refractivity contribution in [2.75, 3.05) is 0 Å². The third-order valence-corrected chi connectivity index (χ3v) is 15.3. The topological polar surface area (TPSA) is 113 Å². The normalized spacial score (nSPS) is 15.5. The van der Waals surface area contributed by atoms with Gasteiger partial charge in [0, 0.05) is 73.1 Å². The first-order valence-electron chi connectivity index (χ1n) is 26.4. The van der Waals surface area contributed by atoms with E-state index >= 15 is 0 Å². The third kappa shape index (κ3) is 8.29. The maximum Gasteiger partial charge on any atom is 0.160 e. The number of hydrogen-bond donors (Lipinski definition) is 0. The van der Waals surface area contributed by atoms with Crippen LogP contribution in [0, 0.1) is 16.7 Å². The lowest BCUT2D eigenvalue weighted by Gasteiger charge is -2.42. The highest BCUT2D eigenvalue weighted by Crippen LogP contribution is 2.56. The first-order chi connectivity index (χ1) is 39.0. The number of nitrogens with zero attached hydrogens (tertiary/aromatic N) is 8. The van der Waals surface area contributed by atoms with Crippen LogP contribution in [0.25, 0.3) is 112 Å². The average Bonchev–Trinajstić information content (AvgIpc) is 3.72. The first-order valence-corrected chi connectivity index (χ1v) is 26.4. The standard InChI is InChI=1S/C71H46N8/c1-71-39-38-54-57(46-22-10-3-11-23-46)41-62(48-26-14-5-15-27-48)76-68(54)69(71)77-64(49-28-16-6-17-29-49)58(42-72)63(71)59-36-32-51(43-73-59)52-33-37-60(74-44-52)65-55-35-34-53-56(45-20-8-2-9-21-45)40-61(47-24-12-4-13-25-47)75-66(53)67(55)79-70(78-65)50-30-18-7-19-31-50/h2-41,43-44,69H,1H3. The number of pyridine rings is 4. The summed E-state index contributed by atoms with van der Waals surface area (Å²) < 4.78 is 0. The van der Waals surface area contributed by atoms with Crippen LogP contribution in [-0.4, -0.2) is 35.6 Å². The summed E-state index contributed by atoms with van der Waals surface area (Å²) in [6.45, 7) is 2.16. The fraction of sp³-hybridized carbons (Fsp3) is 0.0423. The molecule has 0 saturated carbocycles. The molecule has 12 aromatic rings. The molecular formula is C71H46N8. The Labute approximate surface area is 457 Å². The second-order valence-electron chi connectivity index (χ2n) is 20.1. The number of aromatic nitrogens is 6. The monoisotopic (exact) mass is 1010 g/mol. The molecule has 0 bridgehead atoms. The van der Waals surface area contributed by atoms with Gasteiger partial charge < -0.3 is 0 Å². The van der Waals surface area contributed by atoms with Crippen LogP contribution in [0.15, 0.2) is 260 Å². The summed E-state index contributed by atoms with van der Waals surface area (Å²) in [6, 6.07) is 80.4. The minimum Gasteiger partial charge on any atom is -0.272 e. The minimum atomic E-state index is -0.795. The van der Waals surface area contributed by atoms with Crippen LogP contribution < -0.4 is 0 Å². The molecule has 2 unspecified atom stereocenters. The zero-order chi connectivity index (χ0) is 52.9. The zero-order valence-corrected chi connectivity index (χ0v) is 42.9. The van der Waals surface area contributed by atoms with E-state index in [2.05, 4.69) is 134 Å². The molecule has 1 aliphatic carbocycles.